The average Bonchev–Trinajstić information content (AvgIpc) is 2.97. The zero-order valence-corrected chi connectivity index (χ0v) is 27.1. The molecule has 0 saturated carbocycles. The minimum Gasteiger partial charge on any atom is -0.355 e. The van der Waals surface area contributed by atoms with Crippen LogP contribution in [0.15, 0.2) is 24.5 Å². The fourth-order valence-electron chi connectivity index (χ4n) is 4.49. The molecule has 0 bridgehead atoms. The van der Waals surface area contributed by atoms with Crippen molar-refractivity contribution in [2.24, 2.45) is 11.8 Å². The SMILES string of the molecule is CCC[C@H](NC(=O)[C@@H](NC(=O)c1cc[nH+]cc1)[C@@H](C)CC)C(=O)N[C@H](CN[C@@H](C)C(=O)N[C@@H](C)C(=O)NCC)CC(C)C. The number of aromatic amines is 1. The minimum absolute atomic E-state index is 0.161. The predicted octanol–water partition coefficient (Wildman–Crippen LogP) is 1.08. The Hall–Kier alpha value is -3.54. The third kappa shape index (κ3) is 13.5. The van der Waals surface area contributed by atoms with Gasteiger partial charge in [0.1, 0.15) is 18.1 Å². The van der Waals surface area contributed by atoms with Crippen molar-refractivity contribution in [3.8, 4) is 0 Å². The van der Waals surface area contributed by atoms with E-state index in [0.29, 0.717) is 44.3 Å². The maximum Gasteiger partial charge on any atom is 0.252 e. The van der Waals surface area contributed by atoms with E-state index in [9.17, 15) is 24.0 Å². The van der Waals surface area contributed by atoms with Gasteiger partial charge in [-0.15, -0.1) is 0 Å². The first-order valence-electron chi connectivity index (χ1n) is 15.5. The van der Waals surface area contributed by atoms with Crippen molar-refractivity contribution in [1.82, 2.24) is 31.9 Å². The van der Waals surface area contributed by atoms with Crippen molar-refractivity contribution in [1.29, 1.82) is 0 Å². The molecular formula is C31H54N7O5+. The lowest BCUT2D eigenvalue weighted by Gasteiger charge is -2.28. The molecule has 0 aliphatic heterocycles. The molecule has 0 radical (unpaired) electrons. The fraction of sp³-hybridized carbons (Fsp3) is 0.677. The second kappa shape index (κ2) is 19.6. The van der Waals surface area contributed by atoms with Gasteiger partial charge in [-0.05, 0) is 45.4 Å². The van der Waals surface area contributed by atoms with Gasteiger partial charge >= 0.3 is 0 Å². The van der Waals surface area contributed by atoms with Crippen LogP contribution in [0.25, 0.3) is 0 Å². The van der Waals surface area contributed by atoms with Gasteiger partial charge in [0.2, 0.25) is 23.6 Å². The van der Waals surface area contributed by atoms with Crippen LogP contribution in [0, 0.1) is 11.8 Å². The second-order valence-corrected chi connectivity index (χ2v) is 11.6. The molecule has 0 aliphatic carbocycles. The molecule has 5 amide bonds. The summed E-state index contributed by atoms with van der Waals surface area (Å²) in [5.74, 6) is -1.59. The lowest BCUT2D eigenvalue weighted by Crippen LogP contribution is -2.58. The zero-order chi connectivity index (χ0) is 32.5. The molecule has 0 aliphatic rings. The molecule has 43 heavy (non-hydrogen) atoms. The summed E-state index contributed by atoms with van der Waals surface area (Å²) in [4.78, 5) is 67.2. The molecule has 7 N–H and O–H groups in total. The molecule has 1 aromatic heterocycles. The summed E-state index contributed by atoms with van der Waals surface area (Å²) in [7, 11) is 0. The molecule has 0 saturated heterocycles. The van der Waals surface area contributed by atoms with E-state index in [1.807, 2.05) is 41.5 Å². The number of carbonyl (C=O) groups is 5. The summed E-state index contributed by atoms with van der Waals surface area (Å²) in [5.41, 5.74) is 0.424. The van der Waals surface area contributed by atoms with Crippen LogP contribution in [0.4, 0.5) is 0 Å². The highest BCUT2D eigenvalue weighted by atomic mass is 16.2. The van der Waals surface area contributed by atoms with Crippen LogP contribution in [0.5, 0.6) is 0 Å². The number of amides is 5. The summed E-state index contributed by atoms with van der Waals surface area (Å²) >= 11 is 0. The summed E-state index contributed by atoms with van der Waals surface area (Å²) in [6.45, 7) is 15.8. The van der Waals surface area contributed by atoms with E-state index < -0.39 is 30.1 Å². The van der Waals surface area contributed by atoms with Gasteiger partial charge < -0.3 is 31.9 Å². The van der Waals surface area contributed by atoms with Crippen molar-refractivity contribution in [2.75, 3.05) is 13.1 Å². The quantitative estimate of drug-likeness (QED) is 0.138. The highest BCUT2D eigenvalue weighted by Gasteiger charge is 2.31. The first-order chi connectivity index (χ1) is 20.3. The van der Waals surface area contributed by atoms with Gasteiger partial charge in [0.05, 0.1) is 11.6 Å². The van der Waals surface area contributed by atoms with E-state index in [4.69, 9.17) is 0 Å². The molecule has 1 aromatic rings. The molecule has 12 heteroatoms. The summed E-state index contributed by atoms with van der Waals surface area (Å²) in [6.07, 6.45) is 5.66. The molecule has 0 spiro atoms. The maximum atomic E-state index is 13.5. The van der Waals surface area contributed by atoms with E-state index >= 15 is 0 Å². The Balaban J connectivity index is 2.91. The Morgan fingerprint density at radius 1 is 0.767 bits per heavy atom. The van der Waals surface area contributed by atoms with Crippen LogP contribution in [0.3, 0.4) is 0 Å². The minimum atomic E-state index is -0.817. The Morgan fingerprint density at radius 3 is 1.98 bits per heavy atom. The van der Waals surface area contributed by atoms with Gasteiger partial charge in [0.15, 0.2) is 12.4 Å². The first-order valence-corrected chi connectivity index (χ1v) is 15.5. The fourth-order valence-corrected chi connectivity index (χ4v) is 4.49. The number of aromatic nitrogens is 1. The number of nitrogens with one attached hydrogen (secondary N) is 7. The molecule has 0 unspecified atom stereocenters. The predicted molar refractivity (Wildman–Crippen MR) is 166 cm³/mol. The third-order valence-corrected chi connectivity index (χ3v) is 7.24. The second-order valence-electron chi connectivity index (χ2n) is 11.6. The first kappa shape index (κ1) is 37.5. The van der Waals surface area contributed by atoms with Crippen molar-refractivity contribution in [3.63, 3.8) is 0 Å². The summed E-state index contributed by atoms with van der Waals surface area (Å²) < 4.78 is 0. The van der Waals surface area contributed by atoms with Crippen molar-refractivity contribution < 1.29 is 29.0 Å². The summed E-state index contributed by atoms with van der Waals surface area (Å²) in [6, 6.07) is 0.0774. The van der Waals surface area contributed by atoms with Crippen LogP contribution >= 0.6 is 0 Å². The van der Waals surface area contributed by atoms with Crippen molar-refractivity contribution in [3.05, 3.63) is 30.1 Å². The maximum absolute atomic E-state index is 13.5. The standard InChI is InChI=1S/C31H53N7O5/c1-9-12-25(37-31(43)26(20(6)10-2)38-29(41)23-13-15-32-16-14-23)30(42)36-24(17-19(4)5)18-34-21(7)28(40)35-22(8)27(39)33-11-3/h13-16,19-22,24-26,34H,9-12,17-18H2,1-8H3,(H,33,39)(H,35,40)(H,36,42)(H,37,43)(H,38,41)/p+1/t20-,21-,22-,24-,25-,26-/m0/s1. The summed E-state index contributed by atoms with van der Waals surface area (Å²) in [5, 5.41) is 17.3. The monoisotopic (exact) mass is 604 g/mol. The van der Waals surface area contributed by atoms with E-state index in [1.165, 1.54) is 0 Å². The number of hydrogen-bond acceptors (Lipinski definition) is 6. The largest absolute Gasteiger partial charge is 0.355 e. The lowest BCUT2D eigenvalue weighted by atomic mass is 9.97. The highest BCUT2D eigenvalue weighted by Crippen LogP contribution is 2.11. The van der Waals surface area contributed by atoms with Crippen molar-refractivity contribution >= 4 is 29.5 Å². The number of carbonyl (C=O) groups excluding carboxylic acids is 5. The topological polar surface area (TPSA) is 172 Å². The Morgan fingerprint density at radius 2 is 1.42 bits per heavy atom. The van der Waals surface area contributed by atoms with Crippen LogP contribution in [0.1, 0.15) is 91.4 Å². The number of rotatable bonds is 19. The van der Waals surface area contributed by atoms with Gasteiger partial charge in [0.25, 0.3) is 5.91 Å². The lowest BCUT2D eigenvalue weighted by molar-refractivity contribution is -0.378. The Bertz CT molecular complexity index is 1040. The van der Waals surface area contributed by atoms with Gasteiger partial charge in [-0.25, -0.2) is 4.98 Å². The van der Waals surface area contributed by atoms with E-state index in [0.717, 1.165) is 0 Å². The number of H-pyrrole nitrogens is 1. The number of hydrogen-bond donors (Lipinski definition) is 6. The van der Waals surface area contributed by atoms with Gasteiger partial charge in [-0.2, -0.15) is 0 Å². The molecule has 1 heterocycles. The van der Waals surface area contributed by atoms with E-state index in [2.05, 4.69) is 36.9 Å². The third-order valence-electron chi connectivity index (χ3n) is 7.24. The molecule has 12 nitrogen and oxygen atoms in total. The number of likely N-dealkylation sites (N-methyl/N-ethyl adjacent to an activating group) is 1. The van der Waals surface area contributed by atoms with E-state index in [-0.39, 0.29) is 41.5 Å². The molecule has 1 rings (SSSR count). The van der Waals surface area contributed by atoms with Crippen LogP contribution < -0.4 is 36.9 Å². The highest BCUT2D eigenvalue weighted by molar-refractivity contribution is 5.98. The van der Waals surface area contributed by atoms with Crippen LogP contribution in [-0.2, 0) is 19.2 Å². The molecule has 0 fully saturated rings. The van der Waals surface area contributed by atoms with Crippen molar-refractivity contribution in [2.45, 2.75) is 111 Å². The van der Waals surface area contributed by atoms with Crippen LogP contribution in [-0.4, -0.2) is 72.8 Å². The van der Waals surface area contributed by atoms with Crippen LogP contribution in [0.2, 0.25) is 0 Å². The molecule has 6 atom stereocenters. The normalized spacial score (nSPS) is 15.3. The zero-order valence-electron chi connectivity index (χ0n) is 27.1. The van der Waals surface area contributed by atoms with Gasteiger partial charge in [-0.3, -0.25) is 24.0 Å². The van der Waals surface area contributed by atoms with Gasteiger partial charge in [0, 0.05) is 31.3 Å². The molecule has 242 valence electrons. The van der Waals surface area contributed by atoms with E-state index in [1.54, 1.807) is 38.4 Å². The molecular weight excluding hydrogens is 550 g/mol. The molecule has 0 aromatic carbocycles. The Labute approximate surface area is 256 Å². The average molecular weight is 605 g/mol. The number of pyridine rings is 1. The smallest absolute Gasteiger partial charge is 0.252 e. The Kier molecular flexibility index (Phi) is 17.1. The van der Waals surface area contributed by atoms with Gasteiger partial charge in [-0.1, -0.05) is 47.5 Å².